The molecule has 0 bridgehead atoms. The molecule has 0 saturated carbocycles. The van der Waals surface area contributed by atoms with Crippen molar-refractivity contribution in [3.05, 3.63) is 51.1 Å². The van der Waals surface area contributed by atoms with Crippen molar-refractivity contribution < 1.29 is 0 Å². The molecule has 0 amide bonds. The van der Waals surface area contributed by atoms with Crippen LogP contribution in [-0.2, 0) is 12.8 Å². The lowest BCUT2D eigenvalue weighted by molar-refractivity contribution is 0.603. The number of aryl methyl sites for hydroxylation is 3. The molecule has 0 spiro atoms. The van der Waals surface area contributed by atoms with Crippen molar-refractivity contribution in [3.63, 3.8) is 0 Å². The van der Waals surface area contributed by atoms with E-state index in [4.69, 9.17) is 0 Å². The van der Waals surface area contributed by atoms with Crippen LogP contribution in [0.3, 0.4) is 0 Å². The van der Waals surface area contributed by atoms with Gasteiger partial charge in [0.05, 0.1) is 5.39 Å². The van der Waals surface area contributed by atoms with E-state index < -0.39 is 0 Å². The van der Waals surface area contributed by atoms with E-state index in [1.54, 1.807) is 16.0 Å². The van der Waals surface area contributed by atoms with Crippen molar-refractivity contribution in [2.45, 2.75) is 39.0 Å². The normalized spacial score (nSPS) is 15.1. The van der Waals surface area contributed by atoms with Gasteiger partial charge in [0.15, 0.2) is 0 Å². The highest BCUT2D eigenvalue weighted by Crippen LogP contribution is 2.33. The highest BCUT2D eigenvalue weighted by atomic mass is 32.1. The Kier molecular flexibility index (Phi) is 2.96. The standard InChI is InChI=1S/C16H17N3OS/c1-11-17-15-14(12-7-3-2-4-8-13(12)21-15)16(20)19(11)18-9-5-6-10-18/h5-6,9-10H,2-4,7-8H2,1H3. The smallest absolute Gasteiger partial charge is 0.267 e. The molecule has 108 valence electrons. The molecule has 5 heteroatoms. The fourth-order valence-corrected chi connectivity index (χ4v) is 4.50. The van der Waals surface area contributed by atoms with Gasteiger partial charge in [0, 0.05) is 17.3 Å². The topological polar surface area (TPSA) is 39.8 Å². The van der Waals surface area contributed by atoms with Crippen molar-refractivity contribution in [1.29, 1.82) is 0 Å². The van der Waals surface area contributed by atoms with Crippen LogP contribution in [0.4, 0.5) is 0 Å². The Hall–Kier alpha value is -1.88. The van der Waals surface area contributed by atoms with Gasteiger partial charge >= 0.3 is 0 Å². The summed E-state index contributed by atoms with van der Waals surface area (Å²) >= 11 is 1.71. The first-order chi connectivity index (χ1) is 10.3. The first-order valence-electron chi connectivity index (χ1n) is 7.43. The summed E-state index contributed by atoms with van der Waals surface area (Å²) in [5, 5.41) is 0.844. The second-order valence-corrected chi connectivity index (χ2v) is 6.67. The van der Waals surface area contributed by atoms with Gasteiger partial charge in [-0.05, 0) is 50.3 Å². The number of thiophene rings is 1. The summed E-state index contributed by atoms with van der Waals surface area (Å²) in [7, 11) is 0. The van der Waals surface area contributed by atoms with Gasteiger partial charge < -0.3 is 0 Å². The number of nitrogens with zero attached hydrogens (tertiary/aromatic N) is 3. The Morgan fingerprint density at radius 1 is 1.14 bits per heavy atom. The predicted molar refractivity (Wildman–Crippen MR) is 85.1 cm³/mol. The molecular weight excluding hydrogens is 282 g/mol. The molecule has 0 radical (unpaired) electrons. The summed E-state index contributed by atoms with van der Waals surface area (Å²) in [6, 6.07) is 3.84. The maximum Gasteiger partial charge on any atom is 0.281 e. The van der Waals surface area contributed by atoms with E-state index in [2.05, 4.69) is 4.98 Å². The maximum absolute atomic E-state index is 13.0. The van der Waals surface area contributed by atoms with Crippen LogP contribution in [0.5, 0.6) is 0 Å². The lowest BCUT2D eigenvalue weighted by Crippen LogP contribution is -2.28. The molecule has 21 heavy (non-hydrogen) atoms. The van der Waals surface area contributed by atoms with Gasteiger partial charge in [-0.3, -0.25) is 9.47 Å². The first-order valence-corrected chi connectivity index (χ1v) is 8.25. The fraction of sp³-hybridized carbons (Fsp3) is 0.375. The van der Waals surface area contributed by atoms with Crippen LogP contribution in [0.15, 0.2) is 29.3 Å². The lowest BCUT2D eigenvalue weighted by Gasteiger charge is -2.10. The molecule has 0 aromatic carbocycles. The minimum Gasteiger partial charge on any atom is -0.267 e. The fourth-order valence-electron chi connectivity index (χ4n) is 3.21. The summed E-state index contributed by atoms with van der Waals surface area (Å²) in [4.78, 5) is 20.0. The zero-order chi connectivity index (χ0) is 14.4. The number of aromatic nitrogens is 3. The summed E-state index contributed by atoms with van der Waals surface area (Å²) in [6.07, 6.45) is 9.54. The van der Waals surface area contributed by atoms with E-state index >= 15 is 0 Å². The van der Waals surface area contributed by atoms with E-state index in [0.717, 1.165) is 28.9 Å². The molecule has 0 atom stereocenters. The van der Waals surface area contributed by atoms with Gasteiger partial charge in [-0.15, -0.1) is 11.3 Å². The van der Waals surface area contributed by atoms with Crippen LogP contribution in [0.25, 0.3) is 10.2 Å². The van der Waals surface area contributed by atoms with Gasteiger partial charge in [-0.2, -0.15) is 4.68 Å². The van der Waals surface area contributed by atoms with Crippen LogP contribution < -0.4 is 5.56 Å². The average molecular weight is 299 g/mol. The number of hydrogen-bond acceptors (Lipinski definition) is 3. The Morgan fingerprint density at radius 2 is 1.90 bits per heavy atom. The van der Waals surface area contributed by atoms with E-state index in [1.807, 2.05) is 36.1 Å². The van der Waals surface area contributed by atoms with Crippen LogP contribution in [0.2, 0.25) is 0 Å². The van der Waals surface area contributed by atoms with E-state index in [9.17, 15) is 4.79 Å². The zero-order valence-corrected chi connectivity index (χ0v) is 12.8. The van der Waals surface area contributed by atoms with Crippen LogP contribution in [0, 0.1) is 6.92 Å². The summed E-state index contributed by atoms with van der Waals surface area (Å²) in [5.41, 5.74) is 1.32. The third kappa shape index (κ3) is 1.95. The highest BCUT2D eigenvalue weighted by Gasteiger charge is 2.20. The Bertz CT molecular complexity index is 858. The molecule has 3 aromatic rings. The molecule has 1 aliphatic rings. The molecule has 0 saturated heterocycles. The third-order valence-electron chi connectivity index (χ3n) is 4.20. The Labute approximate surface area is 126 Å². The molecule has 3 aromatic heterocycles. The predicted octanol–water partition coefficient (Wildman–Crippen LogP) is 3.15. The number of fused-ring (bicyclic) bond motifs is 3. The molecule has 0 aliphatic heterocycles. The van der Waals surface area contributed by atoms with E-state index in [1.165, 1.54) is 29.7 Å². The van der Waals surface area contributed by atoms with Gasteiger partial charge in [0.2, 0.25) is 0 Å². The number of hydrogen-bond donors (Lipinski definition) is 0. The van der Waals surface area contributed by atoms with Gasteiger partial charge in [-0.25, -0.2) is 4.98 Å². The van der Waals surface area contributed by atoms with Gasteiger partial charge in [-0.1, -0.05) is 6.42 Å². The van der Waals surface area contributed by atoms with Crippen LogP contribution in [-0.4, -0.2) is 14.3 Å². The molecule has 4 nitrogen and oxygen atoms in total. The van der Waals surface area contributed by atoms with Crippen molar-refractivity contribution in [2.75, 3.05) is 0 Å². The second-order valence-electron chi connectivity index (χ2n) is 5.58. The highest BCUT2D eigenvalue weighted by molar-refractivity contribution is 7.18. The maximum atomic E-state index is 13.0. The molecular formula is C16H17N3OS. The van der Waals surface area contributed by atoms with E-state index in [-0.39, 0.29) is 5.56 Å². The quantitative estimate of drug-likeness (QED) is 0.648. The largest absolute Gasteiger partial charge is 0.281 e. The minimum atomic E-state index is 0.0631. The third-order valence-corrected chi connectivity index (χ3v) is 5.38. The lowest BCUT2D eigenvalue weighted by atomic mass is 10.1. The molecule has 1 aliphatic carbocycles. The molecule has 0 unspecified atom stereocenters. The molecule has 3 heterocycles. The van der Waals surface area contributed by atoms with Gasteiger partial charge in [0.25, 0.3) is 5.56 Å². The Balaban J connectivity index is 2.05. The Morgan fingerprint density at radius 3 is 2.71 bits per heavy atom. The van der Waals surface area contributed by atoms with Crippen LogP contribution in [0.1, 0.15) is 35.5 Å². The van der Waals surface area contributed by atoms with Crippen molar-refractivity contribution >= 4 is 21.6 Å². The monoisotopic (exact) mass is 299 g/mol. The van der Waals surface area contributed by atoms with Gasteiger partial charge in [0.1, 0.15) is 10.7 Å². The summed E-state index contributed by atoms with van der Waals surface area (Å²) < 4.78 is 3.48. The second kappa shape index (κ2) is 4.84. The summed E-state index contributed by atoms with van der Waals surface area (Å²) in [5.74, 6) is 0.736. The summed E-state index contributed by atoms with van der Waals surface area (Å²) in [6.45, 7) is 1.89. The molecule has 0 fully saturated rings. The SMILES string of the molecule is Cc1nc2sc3c(c2c(=O)n1-n1cccc1)CCCCC3. The average Bonchev–Trinajstić information content (AvgIpc) is 3.02. The first kappa shape index (κ1) is 12.8. The zero-order valence-electron chi connectivity index (χ0n) is 12.0. The molecule has 0 N–H and O–H groups in total. The number of rotatable bonds is 1. The van der Waals surface area contributed by atoms with E-state index in [0.29, 0.717) is 0 Å². The van der Waals surface area contributed by atoms with Crippen molar-refractivity contribution in [2.24, 2.45) is 0 Å². The van der Waals surface area contributed by atoms with Crippen molar-refractivity contribution in [1.82, 2.24) is 14.3 Å². The molecule has 4 rings (SSSR count). The van der Waals surface area contributed by atoms with Crippen molar-refractivity contribution in [3.8, 4) is 0 Å². The minimum absolute atomic E-state index is 0.0631. The van der Waals surface area contributed by atoms with Crippen LogP contribution >= 0.6 is 11.3 Å².